The maximum Gasteiger partial charge on any atom is 0.313 e. The van der Waals surface area contributed by atoms with Crippen LogP contribution in [0.2, 0.25) is 0 Å². The summed E-state index contributed by atoms with van der Waals surface area (Å²) < 4.78 is 5.06. The molecule has 0 aliphatic rings. The first kappa shape index (κ1) is 19.1. The van der Waals surface area contributed by atoms with E-state index in [1.165, 1.54) is 44.9 Å². The van der Waals surface area contributed by atoms with Crippen LogP contribution < -0.4 is 0 Å². The van der Waals surface area contributed by atoms with Gasteiger partial charge in [-0.3, -0.25) is 9.59 Å². The molecule has 0 heterocycles. The fourth-order valence-electron chi connectivity index (χ4n) is 2.00. The molecule has 0 aromatic heterocycles. The van der Waals surface area contributed by atoms with Crippen molar-refractivity contribution in [2.75, 3.05) is 6.61 Å². The molecule has 118 valence electrons. The SMILES string of the molecule is CCCCCCCCCCCOC(=O)CC(=O)C(C)C. The van der Waals surface area contributed by atoms with Crippen LogP contribution in [0.4, 0.5) is 0 Å². The van der Waals surface area contributed by atoms with E-state index in [1.54, 1.807) is 13.8 Å². The van der Waals surface area contributed by atoms with Gasteiger partial charge in [0.15, 0.2) is 0 Å². The molecule has 0 N–H and O–H groups in total. The number of ether oxygens (including phenoxy) is 1. The molecule has 0 aromatic rings. The quantitative estimate of drug-likeness (QED) is 0.280. The molecule has 0 spiro atoms. The Balaban J connectivity index is 3.27. The van der Waals surface area contributed by atoms with E-state index in [9.17, 15) is 9.59 Å². The van der Waals surface area contributed by atoms with Gasteiger partial charge in [-0.15, -0.1) is 0 Å². The summed E-state index contributed by atoms with van der Waals surface area (Å²) in [7, 11) is 0. The third kappa shape index (κ3) is 12.2. The number of esters is 1. The van der Waals surface area contributed by atoms with Crippen molar-refractivity contribution in [1.29, 1.82) is 0 Å². The van der Waals surface area contributed by atoms with Gasteiger partial charge in [-0.1, -0.05) is 72.1 Å². The number of carbonyl (C=O) groups excluding carboxylic acids is 2. The Morgan fingerprint density at radius 1 is 0.850 bits per heavy atom. The Bertz CT molecular complexity index is 259. The maximum atomic E-state index is 11.4. The van der Waals surface area contributed by atoms with Gasteiger partial charge in [-0.05, 0) is 6.42 Å². The number of rotatable bonds is 13. The zero-order chi connectivity index (χ0) is 15.2. The van der Waals surface area contributed by atoms with Crippen molar-refractivity contribution < 1.29 is 14.3 Å². The molecule has 3 nitrogen and oxygen atoms in total. The minimum atomic E-state index is -0.372. The van der Waals surface area contributed by atoms with Gasteiger partial charge in [0.05, 0.1) is 6.61 Å². The lowest BCUT2D eigenvalue weighted by atomic mass is 10.1. The summed E-state index contributed by atoms with van der Waals surface area (Å²) in [5.74, 6) is -0.499. The standard InChI is InChI=1S/C17H32O3/c1-4-5-6-7-8-9-10-11-12-13-20-17(19)14-16(18)15(2)3/h15H,4-14H2,1-3H3. The van der Waals surface area contributed by atoms with E-state index in [2.05, 4.69) is 6.92 Å². The second-order valence-electron chi connectivity index (χ2n) is 5.85. The molecule has 20 heavy (non-hydrogen) atoms. The summed E-state index contributed by atoms with van der Waals surface area (Å²) in [4.78, 5) is 22.7. The molecule has 0 amide bonds. The molecule has 0 aliphatic carbocycles. The number of ketones is 1. The van der Waals surface area contributed by atoms with Crippen molar-refractivity contribution in [3.63, 3.8) is 0 Å². The van der Waals surface area contributed by atoms with Gasteiger partial charge in [0, 0.05) is 5.92 Å². The number of carbonyl (C=O) groups is 2. The number of unbranched alkanes of at least 4 members (excludes halogenated alkanes) is 8. The molecule has 0 fully saturated rings. The van der Waals surface area contributed by atoms with Crippen molar-refractivity contribution in [3.05, 3.63) is 0 Å². The largest absolute Gasteiger partial charge is 0.465 e. The topological polar surface area (TPSA) is 43.4 Å². The summed E-state index contributed by atoms with van der Waals surface area (Å²) >= 11 is 0. The normalized spacial score (nSPS) is 10.8. The molecular weight excluding hydrogens is 252 g/mol. The van der Waals surface area contributed by atoms with E-state index >= 15 is 0 Å². The molecule has 0 saturated heterocycles. The first-order valence-corrected chi connectivity index (χ1v) is 8.26. The highest BCUT2D eigenvalue weighted by molar-refractivity contribution is 5.96. The van der Waals surface area contributed by atoms with Gasteiger partial charge >= 0.3 is 5.97 Å². The minimum absolute atomic E-state index is 0.0397. The second kappa shape index (κ2) is 13.1. The van der Waals surface area contributed by atoms with Crippen molar-refractivity contribution in [2.24, 2.45) is 5.92 Å². The molecule has 3 heteroatoms. The highest BCUT2D eigenvalue weighted by Gasteiger charge is 2.13. The molecule has 0 atom stereocenters. The lowest BCUT2D eigenvalue weighted by Gasteiger charge is -2.06. The van der Waals surface area contributed by atoms with Crippen LogP contribution in [0.1, 0.15) is 85.0 Å². The van der Waals surface area contributed by atoms with Crippen LogP contribution in [0.25, 0.3) is 0 Å². The van der Waals surface area contributed by atoms with Crippen LogP contribution in [-0.4, -0.2) is 18.4 Å². The zero-order valence-corrected chi connectivity index (χ0v) is 13.6. The van der Waals surface area contributed by atoms with E-state index in [4.69, 9.17) is 4.74 Å². The van der Waals surface area contributed by atoms with Crippen LogP contribution in [0, 0.1) is 5.92 Å². The van der Waals surface area contributed by atoms with Crippen molar-refractivity contribution in [2.45, 2.75) is 85.0 Å². The molecule has 0 saturated carbocycles. The molecule has 0 aliphatic heterocycles. The minimum Gasteiger partial charge on any atom is -0.465 e. The number of hydrogen-bond acceptors (Lipinski definition) is 3. The summed E-state index contributed by atoms with van der Waals surface area (Å²) in [6.45, 7) is 6.29. The highest BCUT2D eigenvalue weighted by Crippen LogP contribution is 2.09. The van der Waals surface area contributed by atoms with E-state index in [1.807, 2.05) is 0 Å². The van der Waals surface area contributed by atoms with Crippen LogP contribution in [0.3, 0.4) is 0 Å². The second-order valence-corrected chi connectivity index (χ2v) is 5.85. The third-order valence-electron chi connectivity index (χ3n) is 3.47. The average Bonchev–Trinajstić information content (AvgIpc) is 2.40. The van der Waals surface area contributed by atoms with Crippen LogP contribution in [0.15, 0.2) is 0 Å². The predicted octanol–water partition coefficient (Wildman–Crippen LogP) is 4.68. The average molecular weight is 284 g/mol. The lowest BCUT2D eigenvalue weighted by Crippen LogP contribution is -2.15. The summed E-state index contributed by atoms with van der Waals surface area (Å²) in [5.41, 5.74) is 0. The smallest absolute Gasteiger partial charge is 0.313 e. The molecule has 0 aromatic carbocycles. The van der Waals surface area contributed by atoms with Gasteiger partial charge in [0.1, 0.15) is 12.2 Å². The van der Waals surface area contributed by atoms with Crippen molar-refractivity contribution in [1.82, 2.24) is 0 Å². The summed E-state index contributed by atoms with van der Waals surface area (Å²) in [5, 5.41) is 0. The fourth-order valence-corrected chi connectivity index (χ4v) is 2.00. The van der Waals surface area contributed by atoms with Gasteiger partial charge in [0.2, 0.25) is 0 Å². The Morgan fingerprint density at radius 2 is 1.35 bits per heavy atom. The van der Waals surface area contributed by atoms with Crippen LogP contribution in [-0.2, 0) is 14.3 Å². The van der Waals surface area contributed by atoms with E-state index < -0.39 is 0 Å². The van der Waals surface area contributed by atoms with E-state index in [0.717, 1.165) is 12.8 Å². The summed E-state index contributed by atoms with van der Waals surface area (Å²) in [6.07, 6.45) is 11.1. The highest BCUT2D eigenvalue weighted by atomic mass is 16.5. The van der Waals surface area contributed by atoms with E-state index in [0.29, 0.717) is 6.61 Å². The van der Waals surface area contributed by atoms with Gasteiger partial charge < -0.3 is 4.74 Å². The Hall–Kier alpha value is -0.860. The van der Waals surface area contributed by atoms with Crippen LogP contribution in [0.5, 0.6) is 0 Å². The van der Waals surface area contributed by atoms with E-state index in [-0.39, 0.29) is 24.1 Å². The Kier molecular flexibility index (Phi) is 12.6. The Labute approximate surface area is 124 Å². The molecule has 0 unspecified atom stereocenters. The molecular formula is C17H32O3. The predicted molar refractivity (Wildman–Crippen MR) is 82.6 cm³/mol. The maximum absolute atomic E-state index is 11.4. The molecule has 0 rings (SSSR count). The third-order valence-corrected chi connectivity index (χ3v) is 3.47. The number of Topliss-reactive ketones (excluding diaryl/α,β-unsaturated/α-hetero) is 1. The van der Waals surface area contributed by atoms with Gasteiger partial charge in [-0.2, -0.15) is 0 Å². The molecule has 0 bridgehead atoms. The van der Waals surface area contributed by atoms with Crippen molar-refractivity contribution in [3.8, 4) is 0 Å². The molecule has 0 radical (unpaired) electrons. The Morgan fingerprint density at radius 3 is 1.85 bits per heavy atom. The first-order valence-electron chi connectivity index (χ1n) is 8.26. The van der Waals surface area contributed by atoms with Gasteiger partial charge in [0.25, 0.3) is 0 Å². The van der Waals surface area contributed by atoms with Crippen LogP contribution >= 0.6 is 0 Å². The monoisotopic (exact) mass is 284 g/mol. The lowest BCUT2D eigenvalue weighted by molar-refractivity contribution is -0.146. The fraction of sp³-hybridized carbons (Fsp3) is 0.882. The zero-order valence-electron chi connectivity index (χ0n) is 13.6. The first-order chi connectivity index (χ1) is 9.57. The summed E-state index contributed by atoms with van der Waals surface area (Å²) in [6, 6.07) is 0. The van der Waals surface area contributed by atoms with Gasteiger partial charge in [-0.25, -0.2) is 0 Å². The number of hydrogen-bond donors (Lipinski definition) is 0. The van der Waals surface area contributed by atoms with Crippen molar-refractivity contribution >= 4 is 11.8 Å².